The molecule has 2 aromatic rings. The highest BCUT2D eigenvalue weighted by Gasteiger charge is 2.49. The van der Waals surface area contributed by atoms with Crippen LogP contribution in [0.5, 0.6) is 0 Å². The Bertz CT molecular complexity index is 941. The van der Waals surface area contributed by atoms with E-state index in [-0.39, 0.29) is 13.2 Å². The first kappa shape index (κ1) is 29.0. The molecule has 202 valence electrons. The summed E-state index contributed by atoms with van der Waals surface area (Å²) in [6.07, 6.45) is -1.28. The lowest BCUT2D eigenvalue weighted by Crippen LogP contribution is -2.61. The predicted molar refractivity (Wildman–Crippen MR) is 141 cm³/mol. The summed E-state index contributed by atoms with van der Waals surface area (Å²) in [5.41, 5.74) is 1.19. The summed E-state index contributed by atoms with van der Waals surface area (Å²) in [5, 5.41) is 11.3. The molecule has 5 atom stereocenters. The van der Waals surface area contributed by atoms with E-state index in [1.165, 1.54) is 0 Å². The summed E-state index contributed by atoms with van der Waals surface area (Å²) in [4.78, 5) is 12.9. The van der Waals surface area contributed by atoms with Crippen LogP contribution in [0.4, 0.5) is 0 Å². The molecule has 1 fully saturated rings. The van der Waals surface area contributed by atoms with Gasteiger partial charge in [0.1, 0.15) is 18.3 Å². The molecule has 0 amide bonds. The maximum Gasteiger partial charge on any atom is 0.311 e. The monoisotopic (exact) mass is 512 g/mol. The zero-order valence-electron chi connectivity index (χ0n) is 22.1. The van der Waals surface area contributed by atoms with Crippen LogP contribution in [0.1, 0.15) is 44.7 Å². The van der Waals surface area contributed by atoms with Crippen molar-refractivity contribution in [3.8, 4) is 0 Å². The van der Waals surface area contributed by atoms with Crippen LogP contribution in [-0.2, 0) is 41.7 Å². The maximum absolute atomic E-state index is 12.9. The summed E-state index contributed by atoms with van der Waals surface area (Å²) in [7, 11) is 0. The molecule has 3 rings (SSSR count). The highest BCUT2D eigenvalue weighted by atomic mass is 16.7. The molecular weight excluding hydrogens is 472 g/mol. The molecule has 1 aliphatic heterocycles. The van der Waals surface area contributed by atoms with Crippen molar-refractivity contribution in [1.82, 2.24) is 0 Å². The summed E-state index contributed by atoms with van der Waals surface area (Å²) >= 11 is 0. The Labute approximate surface area is 220 Å². The molecule has 1 saturated heterocycles. The largest absolute Gasteiger partial charge is 0.454 e. The Balaban J connectivity index is 1.78. The molecule has 0 aromatic heterocycles. The van der Waals surface area contributed by atoms with Crippen molar-refractivity contribution in [2.75, 3.05) is 13.2 Å². The normalized spacial score (nSPS) is 23.9. The lowest BCUT2D eigenvalue weighted by atomic mass is 9.95. The Kier molecular flexibility index (Phi) is 11.3. The third-order valence-corrected chi connectivity index (χ3v) is 5.99. The van der Waals surface area contributed by atoms with E-state index in [0.717, 1.165) is 24.0 Å². The van der Waals surface area contributed by atoms with E-state index in [1.54, 1.807) is 20.8 Å². The number of esters is 1. The minimum absolute atomic E-state index is 0.119. The third-order valence-electron chi connectivity index (χ3n) is 5.99. The number of aliphatic hydroxyl groups excluding tert-OH is 1. The molecule has 0 saturated carbocycles. The van der Waals surface area contributed by atoms with E-state index in [4.69, 9.17) is 23.7 Å². The lowest BCUT2D eigenvalue weighted by molar-refractivity contribution is -0.315. The van der Waals surface area contributed by atoms with E-state index in [9.17, 15) is 9.90 Å². The topological polar surface area (TPSA) is 83.5 Å². The maximum atomic E-state index is 12.9. The van der Waals surface area contributed by atoms with Crippen molar-refractivity contribution in [1.29, 1.82) is 0 Å². The average molecular weight is 513 g/mol. The van der Waals surface area contributed by atoms with Gasteiger partial charge < -0.3 is 28.8 Å². The highest BCUT2D eigenvalue weighted by Crippen LogP contribution is 2.30. The average Bonchev–Trinajstić information content (AvgIpc) is 2.89. The number of benzene rings is 2. The van der Waals surface area contributed by atoms with Crippen molar-refractivity contribution < 1.29 is 33.6 Å². The summed E-state index contributed by atoms with van der Waals surface area (Å²) in [6.45, 7) is 10.2. The Morgan fingerprint density at radius 3 is 2.19 bits per heavy atom. The minimum atomic E-state index is -1.11. The van der Waals surface area contributed by atoms with Crippen LogP contribution in [0.2, 0.25) is 0 Å². The number of aliphatic hydroxyl groups is 1. The number of carbonyl (C=O) groups excluding carboxylic acids is 1. The molecule has 0 spiro atoms. The van der Waals surface area contributed by atoms with Crippen LogP contribution in [0.15, 0.2) is 73.3 Å². The molecule has 37 heavy (non-hydrogen) atoms. The molecular formula is C30H40O7. The van der Waals surface area contributed by atoms with Gasteiger partial charge in [0.2, 0.25) is 0 Å². The molecule has 0 unspecified atom stereocenters. The van der Waals surface area contributed by atoms with Gasteiger partial charge in [-0.15, -0.1) is 6.58 Å². The number of allylic oxidation sites excluding steroid dienone is 1. The summed E-state index contributed by atoms with van der Waals surface area (Å²) in [6, 6.07) is 19.4. The lowest BCUT2D eigenvalue weighted by Gasteiger charge is -2.44. The highest BCUT2D eigenvalue weighted by molar-refractivity contribution is 5.75. The molecule has 7 nitrogen and oxygen atoms in total. The van der Waals surface area contributed by atoms with Gasteiger partial charge >= 0.3 is 5.97 Å². The van der Waals surface area contributed by atoms with E-state index >= 15 is 0 Å². The smallest absolute Gasteiger partial charge is 0.311 e. The van der Waals surface area contributed by atoms with Crippen molar-refractivity contribution in [2.24, 2.45) is 5.41 Å². The van der Waals surface area contributed by atoms with E-state index in [0.29, 0.717) is 13.2 Å². The fourth-order valence-corrected chi connectivity index (χ4v) is 3.84. The Hall–Kier alpha value is -2.55. The number of hydrogen-bond acceptors (Lipinski definition) is 7. The number of unbranched alkanes of at least 4 members (excludes halogenated alkanes) is 1. The Morgan fingerprint density at radius 1 is 0.973 bits per heavy atom. The molecule has 7 heteroatoms. The zero-order chi connectivity index (χ0) is 26.7. The fourth-order valence-electron chi connectivity index (χ4n) is 3.84. The van der Waals surface area contributed by atoms with Crippen molar-refractivity contribution >= 4 is 5.97 Å². The van der Waals surface area contributed by atoms with Gasteiger partial charge in [-0.05, 0) is 44.7 Å². The van der Waals surface area contributed by atoms with Crippen LogP contribution >= 0.6 is 0 Å². The zero-order valence-corrected chi connectivity index (χ0v) is 22.1. The van der Waals surface area contributed by atoms with Crippen LogP contribution in [-0.4, -0.2) is 55.0 Å². The molecule has 1 heterocycles. The SMILES string of the molecule is C=CCCCO[C@@H]1O[C@H](COCc2ccccc2)[C@@H](O)[C@H](OCc2ccccc2)[C@H]1OC(=O)C(C)(C)C. The summed E-state index contributed by atoms with van der Waals surface area (Å²) in [5.74, 6) is -0.430. The number of ether oxygens (including phenoxy) is 5. The summed E-state index contributed by atoms with van der Waals surface area (Å²) < 4.78 is 30.2. The van der Waals surface area contributed by atoms with Crippen LogP contribution in [0.3, 0.4) is 0 Å². The van der Waals surface area contributed by atoms with Crippen molar-refractivity contribution in [3.05, 3.63) is 84.4 Å². The van der Waals surface area contributed by atoms with Gasteiger partial charge in [-0.1, -0.05) is 66.7 Å². The molecule has 0 aliphatic carbocycles. The second kappa shape index (κ2) is 14.4. The van der Waals surface area contributed by atoms with Crippen molar-refractivity contribution in [2.45, 2.75) is 77.5 Å². The van der Waals surface area contributed by atoms with Crippen LogP contribution < -0.4 is 0 Å². The molecule has 2 aromatic carbocycles. The van der Waals surface area contributed by atoms with Gasteiger partial charge in [0.25, 0.3) is 0 Å². The number of rotatable bonds is 13. The molecule has 1 N–H and O–H groups in total. The van der Waals surface area contributed by atoms with Gasteiger partial charge in [0.15, 0.2) is 12.4 Å². The van der Waals surface area contributed by atoms with Crippen LogP contribution in [0.25, 0.3) is 0 Å². The molecule has 1 aliphatic rings. The van der Waals surface area contributed by atoms with Gasteiger partial charge in [-0.3, -0.25) is 4.79 Å². The first-order valence-corrected chi connectivity index (χ1v) is 12.8. The first-order chi connectivity index (χ1) is 17.8. The van der Waals surface area contributed by atoms with E-state index in [1.807, 2.05) is 66.7 Å². The van der Waals surface area contributed by atoms with E-state index < -0.39 is 42.1 Å². The van der Waals surface area contributed by atoms with Gasteiger partial charge in [-0.2, -0.15) is 0 Å². The van der Waals surface area contributed by atoms with E-state index in [2.05, 4.69) is 6.58 Å². The van der Waals surface area contributed by atoms with Crippen LogP contribution in [0, 0.1) is 5.41 Å². The second-order valence-corrected chi connectivity index (χ2v) is 10.2. The number of carbonyl (C=O) groups is 1. The molecule has 0 bridgehead atoms. The minimum Gasteiger partial charge on any atom is -0.454 e. The predicted octanol–water partition coefficient (Wildman–Crippen LogP) is 4.82. The first-order valence-electron chi connectivity index (χ1n) is 12.8. The Morgan fingerprint density at radius 2 is 1.59 bits per heavy atom. The quantitative estimate of drug-likeness (QED) is 0.234. The van der Waals surface area contributed by atoms with Gasteiger partial charge in [-0.25, -0.2) is 0 Å². The third kappa shape index (κ3) is 9.05. The van der Waals surface area contributed by atoms with Crippen molar-refractivity contribution in [3.63, 3.8) is 0 Å². The standard InChI is InChI=1S/C30H40O7/c1-5-6-13-18-34-28-27(37-29(32)30(2,3)4)26(35-20-23-16-11-8-12-17-23)25(31)24(36-28)21-33-19-22-14-9-7-10-15-22/h5,7-12,14-17,24-28,31H,1,6,13,18-21H2,2-4H3/t24-,25-,26+,27-,28-/m1/s1. The fraction of sp³-hybridized carbons (Fsp3) is 0.500. The molecule has 0 radical (unpaired) electrons. The van der Waals surface area contributed by atoms with Gasteiger partial charge in [0.05, 0.1) is 31.8 Å². The number of hydrogen-bond donors (Lipinski definition) is 1. The van der Waals surface area contributed by atoms with Gasteiger partial charge in [0, 0.05) is 0 Å². The second-order valence-electron chi connectivity index (χ2n) is 10.2.